The third-order valence-electron chi connectivity index (χ3n) is 2.93. The maximum atomic E-state index is 11.5. The Hall–Kier alpha value is -1.51. The number of rotatable bonds is 3. The smallest absolute Gasteiger partial charge is 0.312 e. The minimum Gasteiger partial charge on any atom is -0.496 e. The topological polar surface area (TPSA) is 35.5 Å². The van der Waals surface area contributed by atoms with Crippen LogP contribution in [-0.4, -0.2) is 20.2 Å². The summed E-state index contributed by atoms with van der Waals surface area (Å²) in [6.45, 7) is 5.82. The molecule has 0 aliphatic rings. The minimum absolute atomic E-state index is 0.249. The Morgan fingerprint density at radius 3 is 2.38 bits per heavy atom. The summed E-state index contributed by atoms with van der Waals surface area (Å²) in [4.78, 5) is 11.5. The molecular formula is C13H18O3. The van der Waals surface area contributed by atoms with Gasteiger partial charge in [0.05, 0.1) is 20.1 Å². The first-order valence-corrected chi connectivity index (χ1v) is 5.24. The lowest BCUT2D eigenvalue weighted by Crippen LogP contribution is -2.12. The monoisotopic (exact) mass is 222 g/mol. The molecule has 0 saturated carbocycles. The summed E-state index contributed by atoms with van der Waals surface area (Å²) in [5.74, 6) is 0.221. The number of carbonyl (C=O) groups excluding carboxylic acids is 1. The van der Waals surface area contributed by atoms with E-state index in [0.29, 0.717) is 0 Å². The summed E-state index contributed by atoms with van der Waals surface area (Å²) in [5, 5.41) is 0. The van der Waals surface area contributed by atoms with E-state index >= 15 is 0 Å². The van der Waals surface area contributed by atoms with E-state index in [1.165, 1.54) is 7.11 Å². The van der Waals surface area contributed by atoms with E-state index in [1.807, 2.05) is 32.9 Å². The summed E-state index contributed by atoms with van der Waals surface area (Å²) >= 11 is 0. The largest absolute Gasteiger partial charge is 0.496 e. The fourth-order valence-electron chi connectivity index (χ4n) is 1.73. The zero-order valence-electron chi connectivity index (χ0n) is 10.5. The molecule has 1 aromatic carbocycles. The molecule has 0 aromatic heterocycles. The Bertz CT molecular complexity index is 396. The number of ether oxygens (including phenoxy) is 2. The van der Waals surface area contributed by atoms with Gasteiger partial charge < -0.3 is 9.47 Å². The third-order valence-corrected chi connectivity index (χ3v) is 2.93. The van der Waals surface area contributed by atoms with Gasteiger partial charge in [-0.3, -0.25) is 4.79 Å². The average Bonchev–Trinajstić information content (AvgIpc) is 2.30. The van der Waals surface area contributed by atoms with Gasteiger partial charge >= 0.3 is 5.97 Å². The van der Waals surface area contributed by atoms with E-state index in [4.69, 9.17) is 9.47 Å². The number of aryl methyl sites for hydroxylation is 1. The summed E-state index contributed by atoms with van der Waals surface area (Å²) in [7, 11) is 3.02. The second-order valence-corrected chi connectivity index (χ2v) is 3.87. The molecule has 0 heterocycles. The maximum absolute atomic E-state index is 11.5. The third kappa shape index (κ3) is 2.18. The summed E-state index contributed by atoms with van der Waals surface area (Å²) in [6, 6.07) is 3.91. The molecule has 1 unspecified atom stereocenters. The second kappa shape index (κ2) is 5.01. The molecule has 16 heavy (non-hydrogen) atoms. The van der Waals surface area contributed by atoms with Crippen LogP contribution in [0.15, 0.2) is 12.1 Å². The van der Waals surface area contributed by atoms with Gasteiger partial charge in [0.1, 0.15) is 5.75 Å². The van der Waals surface area contributed by atoms with Crippen LogP contribution in [0.25, 0.3) is 0 Å². The lowest BCUT2D eigenvalue weighted by molar-refractivity contribution is -0.142. The minimum atomic E-state index is -0.306. The van der Waals surface area contributed by atoms with Gasteiger partial charge in [-0.2, -0.15) is 0 Å². The molecule has 0 radical (unpaired) electrons. The fourth-order valence-corrected chi connectivity index (χ4v) is 1.73. The van der Waals surface area contributed by atoms with Crippen LogP contribution in [0, 0.1) is 13.8 Å². The summed E-state index contributed by atoms with van der Waals surface area (Å²) in [5.41, 5.74) is 3.09. The van der Waals surface area contributed by atoms with Crippen LogP contribution in [0.4, 0.5) is 0 Å². The molecule has 0 saturated heterocycles. The summed E-state index contributed by atoms with van der Waals surface area (Å²) < 4.78 is 10.1. The lowest BCUT2D eigenvalue weighted by Gasteiger charge is -2.17. The quantitative estimate of drug-likeness (QED) is 0.737. The fraction of sp³-hybridized carbons (Fsp3) is 0.462. The number of benzene rings is 1. The first kappa shape index (κ1) is 12.6. The molecular weight excluding hydrogens is 204 g/mol. The van der Waals surface area contributed by atoms with Gasteiger partial charge in [-0.05, 0) is 31.9 Å². The number of carbonyl (C=O) groups is 1. The second-order valence-electron chi connectivity index (χ2n) is 3.87. The number of esters is 1. The zero-order chi connectivity index (χ0) is 12.3. The highest BCUT2D eigenvalue weighted by Crippen LogP contribution is 2.32. The van der Waals surface area contributed by atoms with Crippen LogP contribution in [-0.2, 0) is 9.53 Å². The number of hydrogen-bond acceptors (Lipinski definition) is 3. The molecule has 1 atom stereocenters. The van der Waals surface area contributed by atoms with Gasteiger partial charge in [0, 0.05) is 5.56 Å². The highest BCUT2D eigenvalue weighted by Gasteiger charge is 2.21. The van der Waals surface area contributed by atoms with E-state index in [1.54, 1.807) is 7.11 Å². The average molecular weight is 222 g/mol. The van der Waals surface area contributed by atoms with E-state index in [9.17, 15) is 4.79 Å². The van der Waals surface area contributed by atoms with Crippen LogP contribution in [0.1, 0.15) is 29.5 Å². The maximum Gasteiger partial charge on any atom is 0.312 e. The molecule has 0 fully saturated rings. The molecule has 0 N–H and O–H groups in total. The van der Waals surface area contributed by atoms with Crippen molar-refractivity contribution >= 4 is 5.97 Å². The first-order valence-electron chi connectivity index (χ1n) is 5.24. The Kier molecular flexibility index (Phi) is 3.93. The van der Waals surface area contributed by atoms with Crippen molar-refractivity contribution in [2.24, 2.45) is 0 Å². The van der Waals surface area contributed by atoms with Crippen LogP contribution >= 0.6 is 0 Å². The molecule has 3 nitrogen and oxygen atoms in total. The van der Waals surface area contributed by atoms with Gasteiger partial charge in [-0.25, -0.2) is 0 Å². The molecule has 0 aliphatic carbocycles. The van der Waals surface area contributed by atoms with Crippen LogP contribution in [0.2, 0.25) is 0 Å². The van der Waals surface area contributed by atoms with Crippen molar-refractivity contribution in [2.45, 2.75) is 26.7 Å². The predicted molar refractivity (Wildman–Crippen MR) is 62.9 cm³/mol. The molecule has 88 valence electrons. The Balaban J connectivity index is 3.23. The van der Waals surface area contributed by atoms with Gasteiger partial charge in [-0.15, -0.1) is 0 Å². The lowest BCUT2D eigenvalue weighted by atomic mass is 9.95. The Labute approximate surface area is 96.4 Å². The Morgan fingerprint density at radius 1 is 1.25 bits per heavy atom. The Morgan fingerprint density at radius 2 is 1.88 bits per heavy atom. The standard InChI is InChI=1S/C13H18O3/c1-8-6-7-11(10(3)13(14)16-5)12(15-4)9(8)2/h6-7,10H,1-5H3. The van der Waals surface area contributed by atoms with Gasteiger partial charge in [0.15, 0.2) is 0 Å². The molecule has 0 amide bonds. The molecule has 0 spiro atoms. The molecule has 3 heteroatoms. The summed E-state index contributed by atoms with van der Waals surface area (Å²) in [6.07, 6.45) is 0. The van der Waals surface area contributed by atoms with Gasteiger partial charge in [0.2, 0.25) is 0 Å². The predicted octanol–water partition coefficient (Wildman–Crippen LogP) is 2.59. The number of hydrogen-bond donors (Lipinski definition) is 0. The molecule has 0 bridgehead atoms. The molecule has 0 aliphatic heterocycles. The SMILES string of the molecule is COC(=O)C(C)c1ccc(C)c(C)c1OC. The van der Waals surface area contributed by atoms with Crippen LogP contribution < -0.4 is 4.74 Å². The zero-order valence-corrected chi connectivity index (χ0v) is 10.5. The van der Waals surface area contributed by atoms with Crippen LogP contribution in [0.3, 0.4) is 0 Å². The number of methoxy groups -OCH3 is 2. The van der Waals surface area contributed by atoms with E-state index in [0.717, 1.165) is 22.4 Å². The van der Waals surface area contributed by atoms with Crippen molar-refractivity contribution in [1.29, 1.82) is 0 Å². The highest BCUT2D eigenvalue weighted by molar-refractivity contribution is 5.79. The van der Waals surface area contributed by atoms with Crippen molar-refractivity contribution in [3.63, 3.8) is 0 Å². The van der Waals surface area contributed by atoms with Crippen LogP contribution in [0.5, 0.6) is 5.75 Å². The van der Waals surface area contributed by atoms with Crippen molar-refractivity contribution < 1.29 is 14.3 Å². The first-order chi connectivity index (χ1) is 7.52. The molecule has 1 aromatic rings. The van der Waals surface area contributed by atoms with E-state index in [2.05, 4.69) is 0 Å². The van der Waals surface area contributed by atoms with E-state index < -0.39 is 0 Å². The van der Waals surface area contributed by atoms with E-state index in [-0.39, 0.29) is 11.9 Å². The normalized spacial score (nSPS) is 12.1. The van der Waals surface area contributed by atoms with Crippen molar-refractivity contribution in [2.75, 3.05) is 14.2 Å². The van der Waals surface area contributed by atoms with Gasteiger partial charge in [0.25, 0.3) is 0 Å². The van der Waals surface area contributed by atoms with Crippen molar-refractivity contribution in [3.05, 3.63) is 28.8 Å². The highest BCUT2D eigenvalue weighted by atomic mass is 16.5. The molecule has 1 rings (SSSR count). The van der Waals surface area contributed by atoms with Gasteiger partial charge in [-0.1, -0.05) is 12.1 Å². The van der Waals surface area contributed by atoms with Crippen molar-refractivity contribution in [1.82, 2.24) is 0 Å². The van der Waals surface area contributed by atoms with Crippen molar-refractivity contribution in [3.8, 4) is 5.75 Å².